The molecule has 8 heteroatoms. The maximum absolute atomic E-state index is 14.4. The van der Waals surface area contributed by atoms with E-state index < -0.39 is 11.9 Å². The van der Waals surface area contributed by atoms with E-state index in [9.17, 15) is 9.18 Å². The molecule has 2 aromatic rings. The van der Waals surface area contributed by atoms with Crippen molar-refractivity contribution in [2.24, 2.45) is 5.92 Å². The van der Waals surface area contributed by atoms with Crippen LogP contribution in [0.15, 0.2) is 30.5 Å². The molecule has 1 amide bonds. The van der Waals surface area contributed by atoms with Gasteiger partial charge in [-0.25, -0.2) is 14.2 Å². The van der Waals surface area contributed by atoms with Gasteiger partial charge in [0.05, 0.1) is 24.4 Å². The van der Waals surface area contributed by atoms with Crippen LogP contribution in [0.5, 0.6) is 5.75 Å². The third kappa shape index (κ3) is 4.75. The molecule has 0 saturated carbocycles. The minimum atomic E-state index is -0.664. The maximum atomic E-state index is 14.4. The van der Waals surface area contributed by atoms with Gasteiger partial charge in [0, 0.05) is 0 Å². The SMILES string of the molecule is CC(C)Oc1ccc([C@H](C)Nc2ncc(F)c(N3C(=O)OC[C@@H]3C(C)C)n2)cc1. The number of anilines is 2. The van der Waals surface area contributed by atoms with Crippen LogP contribution in [0.4, 0.5) is 21.0 Å². The molecule has 1 N–H and O–H groups in total. The first-order valence-corrected chi connectivity index (χ1v) is 9.78. The van der Waals surface area contributed by atoms with Gasteiger partial charge < -0.3 is 14.8 Å². The average Bonchev–Trinajstić information content (AvgIpc) is 3.05. The molecule has 1 saturated heterocycles. The highest BCUT2D eigenvalue weighted by atomic mass is 19.1. The number of amides is 1. The number of cyclic esters (lactones) is 1. The first-order chi connectivity index (χ1) is 13.8. The van der Waals surface area contributed by atoms with Crippen LogP contribution in [0.1, 0.15) is 46.2 Å². The van der Waals surface area contributed by atoms with Gasteiger partial charge in [-0.2, -0.15) is 4.98 Å². The highest BCUT2D eigenvalue weighted by molar-refractivity contribution is 5.89. The van der Waals surface area contributed by atoms with Crippen LogP contribution in [-0.2, 0) is 4.74 Å². The van der Waals surface area contributed by atoms with E-state index in [1.54, 1.807) is 0 Å². The molecule has 156 valence electrons. The predicted molar refractivity (Wildman–Crippen MR) is 109 cm³/mol. The van der Waals surface area contributed by atoms with Crippen LogP contribution >= 0.6 is 0 Å². The molecule has 0 unspecified atom stereocenters. The van der Waals surface area contributed by atoms with Crippen LogP contribution in [0, 0.1) is 11.7 Å². The van der Waals surface area contributed by atoms with Gasteiger partial charge in [-0.05, 0) is 44.4 Å². The standard InChI is InChI=1S/C21H27FN4O3/c1-12(2)18-11-28-21(27)26(18)19-17(22)10-23-20(25-19)24-14(5)15-6-8-16(9-7-15)29-13(3)4/h6-10,12-14,18H,11H2,1-5H3,(H,23,24,25)/t14-,18+/m0/s1. The zero-order valence-corrected chi connectivity index (χ0v) is 17.3. The lowest BCUT2D eigenvalue weighted by Gasteiger charge is -2.24. The molecule has 1 aliphatic rings. The smallest absolute Gasteiger partial charge is 0.416 e. The van der Waals surface area contributed by atoms with E-state index >= 15 is 0 Å². The Balaban J connectivity index is 1.78. The summed E-state index contributed by atoms with van der Waals surface area (Å²) in [6.45, 7) is 10.0. The van der Waals surface area contributed by atoms with Gasteiger partial charge in [-0.3, -0.25) is 4.90 Å². The second-order valence-electron chi connectivity index (χ2n) is 7.73. The molecule has 3 rings (SSSR count). The summed E-state index contributed by atoms with van der Waals surface area (Å²) in [5.74, 6) is 0.388. The number of halogens is 1. The number of nitrogens with one attached hydrogen (secondary N) is 1. The molecule has 0 aliphatic carbocycles. The number of nitrogens with zero attached hydrogens (tertiary/aromatic N) is 3. The molecular formula is C21H27FN4O3. The van der Waals surface area contributed by atoms with Gasteiger partial charge in [0.25, 0.3) is 0 Å². The van der Waals surface area contributed by atoms with Crippen molar-refractivity contribution in [1.29, 1.82) is 0 Å². The van der Waals surface area contributed by atoms with Gasteiger partial charge >= 0.3 is 6.09 Å². The molecule has 1 fully saturated rings. The van der Waals surface area contributed by atoms with Crippen molar-refractivity contribution in [2.75, 3.05) is 16.8 Å². The summed E-state index contributed by atoms with van der Waals surface area (Å²) in [6, 6.07) is 7.30. The summed E-state index contributed by atoms with van der Waals surface area (Å²) >= 11 is 0. The van der Waals surface area contributed by atoms with Crippen LogP contribution in [0.25, 0.3) is 0 Å². The second kappa shape index (κ2) is 8.63. The van der Waals surface area contributed by atoms with Crippen LogP contribution in [0.2, 0.25) is 0 Å². The molecule has 0 bridgehead atoms. The van der Waals surface area contributed by atoms with E-state index in [-0.39, 0.29) is 42.5 Å². The minimum Gasteiger partial charge on any atom is -0.491 e. The van der Waals surface area contributed by atoms with Crippen molar-refractivity contribution < 1.29 is 18.7 Å². The van der Waals surface area contributed by atoms with Crippen molar-refractivity contribution in [3.05, 3.63) is 41.8 Å². The monoisotopic (exact) mass is 402 g/mol. The Bertz CT molecular complexity index is 858. The number of benzene rings is 1. The number of carbonyl (C=O) groups is 1. The lowest BCUT2D eigenvalue weighted by molar-refractivity contribution is 0.177. The lowest BCUT2D eigenvalue weighted by Crippen LogP contribution is -2.38. The van der Waals surface area contributed by atoms with Crippen molar-refractivity contribution in [1.82, 2.24) is 9.97 Å². The topological polar surface area (TPSA) is 76.6 Å². The fraction of sp³-hybridized carbons (Fsp3) is 0.476. The summed E-state index contributed by atoms with van der Waals surface area (Å²) in [6.07, 6.45) is 0.579. The normalized spacial score (nSPS) is 17.6. The number of hydrogen-bond acceptors (Lipinski definition) is 6. The van der Waals surface area contributed by atoms with Gasteiger partial charge in [-0.1, -0.05) is 26.0 Å². The molecule has 29 heavy (non-hydrogen) atoms. The Morgan fingerprint density at radius 3 is 2.52 bits per heavy atom. The van der Waals surface area contributed by atoms with E-state index in [0.29, 0.717) is 0 Å². The number of rotatable bonds is 7. The van der Waals surface area contributed by atoms with Crippen LogP contribution in [-0.4, -0.2) is 34.8 Å². The van der Waals surface area contributed by atoms with E-state index in [2.05, 4.69) is 15.3 Å². The zero-order valence-electron chi connectivity index (χ0n) is 17.3. The predicted octanol–water partition coefficient (Wildman–Crippen LogP) is 4.56. The fourth-order valence-electron chi connectivity index (χ4n) is 3.15. The Labute approximate surface area is 170 Å². The van der Waals surface area contributed by atoms with E-state index in [4.69, 9.17) is 9.47 Å². The summed E-state index contributed by atoms with van der Waals surface area (Å²) in [5.41, 5.74) is 0.997. The van der Waals surface area contributed by atoms with Crippen LogP contribution in [0.3, 0.4) is 0 Å². The van der Waals surface area contributed by atoms with Crippen molar-refractivity contribution in [2.45, 2.75) is 52.8 Å². The Hall–Kier alpha value is -2.90. The third-order valence-electron chi connectivity index (χ3n) is 4.73. The van der Waals surface area contributed by atoms with Gasteiger partial charge in [0.15, 0.2) is 11.6 Å². The lowest BCUT2D eigenvalue weighted by atomic mass is 10.0. The van der Waals surface area contributed by atoms with E-state index in [0.717, 1.165) is 17.5 Å². The van der Waals surface area contributed by atoms with Crippen molar-refractivity contribution in [3.8, 4) is 5.75 Å². The number of carbonyl (C=O) groups excluding carboxylic acids is 1. The van der Waals surface area contributed by atoms with Gasteiger partial charge in [0.2, 0.25) is 5.95 Å². The number of aromatic nitrogens is 2. The summed E-state index contributed by atoms with van der Waals surface area (Å²) in [5, 5.41) is 3.16. The van der Waals surface area contributed by atoms with Gasteiger partial charge in [-0.15, -0.1) is 0 Å². The van der Waals surface area contributed by atoms with E-state index in [1.165, 1.54) is 4.90 Å². The Morgan fingerprint density at radius 2 is 1.90 bits per heavy atom. The summed E-state index contributed by atoms with van der Waals surface area (Å²) in [7, 11) is 0. The largest absolute Gasteiger partial charge is 0.491 e. The molecule has 1 aromatic carbocycles. The first-order valence-electron chi connectivity index (χ1n) is 9.78. The molecule has 2 heterocycles. The number of hydrogen-bond donors (Lipinski definition) is 1. The quantitative estimate of drug-likeness (QED) is 0.732. The fourth-order valence-corrected chi connectivity index (χ4v) is 3.15. The van der Waals surface area contributed by atoms with E-state index in [1.807, 2.05) is 58.9 Å². The molecule has 7 nitrogen and oxygen atoms in total. The second-order valence-corrected chi connectivity index (χ2v) is 7.73. The Kier molecular flexibility index (Phi) is 6.20. The highest BCUT2D eigenvalue weighted by Crippen LogP contribution is 2.29. The maximum Gasteiger partial charge on any atom is 0.416 e. The highest BCUT2D eigenvalue weighted by Gasteiger charge is 2.38. The Morgan fingerprint density at radius 1 is 1.21 bits per heavy atom. The molecule has 0 spiro atoms. The summed E-state index contributed by atoms with van der Waals surface area (Å²) in [4.78, 5) is 21.7. The zero-order chi connectivity index (χ0) is 21.1. The molecule has 1 aromatic heterocycles. The number of ether oxygens (including phenoxy) is 2. The minimum absolute atomic E-state index is 0.0726. The van der Waals surface area contributed by atoms with Crippen molar-refractivity contribution >= 4 is 17.9 Å². The van der Waals surface area contributed by atoms with Crippen LogP contribution < -0.4 is 15.0 Å². The average molecular weight is 402 g/mol. The van der Waals surface area contributed by atoms with Gasteiger partial charge in [0.1, 0.15) is 12.4 Å². The van der Waals surface area contributed by atoms with Crippen molar-refractivity contribution in [3.63, 3.8) is 0 Å². The first kappa shape index (κ1) is 20.8. The molecule has 2 atom stereocenters. The molecular weight excluding hydrogens is 375 g/mol. The summed E-state index contributed by atoms with van der Waals surface area (Å²) < 4.78 is 25.2. The molecule has 0 radical (unpaired) electrons. The molecule has 1 aliphatic heterocycles. The third-order valence-corrected chi connectivity index (χ3v) is 4.73.